The Kier molecular flexibility index (Phi) is 4.47. The van der Waals surface area contributed by atoms with Crippen LogP contribution in [0.25, 0.3) is 0 Å². The van der Waals surface area contributed by atoms with E-state index >= 15 is 0 Å². The van der Waals surface area contributed by atoms with Crippen molar-refractivity contribution in [1.82, 2.24) is 10.2 Å². The van der Waals surface area contributed by atoms with Crippen LogP contribution in [0.15, 0.2) is 0 Å². The fourth-order valence-corrected chi connectivity index (χ4v) is 1.94. The van der Waals surface area contributed by atoms with Crippen molar-refractivity contribution in [2.75, 3.05) is 26.7 Å². The van der Waals surface area contributed by atoms with E-state index in [-0.39, 0.29) is 23.5 Å². The molecular formula is C12H22N2O2. The predicted molar refractivity (Wildman–Crippen MR) is 63.1 cm³/mol. The maximum absolute atomic E-state index is 11.4. The Bertz CT molecular complexity index is 268. The van der Waals surface area contributed by atoms with E-state index in [1.807, 2.05) is 0 Å². The second-order valence-corrected chi connectivity index (χ2v) is 5.27. The number of hydrogen-bond acceptors (Lipinski definition) is 3. The van der Waals surface area contributed by atoms with E-state index in [0.29, 0.717) is 6.54 Å². The zero-order chi connectivity index (χ0) is 12.2. The molecule has 0 spiro atoms. The molecule has 4 heteroatoms. The number of carbonyl (C=O) groups excluding carboxylic acids is 2. The lowest BCUT2D eigenvalue weighted by atomic mass is 9.80. The van der Waals surface area contributed by atoms with Gasteiger partial charge in [0.25, 0.3) is 0 Å². The number of piperidine rings is 1. The second-order valence-electron chi connectivity index (χ2n) is 5.27. The number of likely N-dealkylation sites (tertiary alicyclic amines) is 1. The maximum atomic E-state index is 11.4. The van der Waals surface area contributed by atoms with Gasteiger partial charge in [-0.25, -0.2) is 0 Å². The van der Waals surface area contributed by atoms with Gasteiger partial charge in [-0.1, -0.05) is 6.92 Å². The molecule has 0 aliphatic carbocycles. The van der Waals surface area contributed by atoms with E-state index < -0.39 is 0 Å². The number of hydrogen-bond donors (Lipinski definition) is 1. The van der Waals surface area contributed by atoms with Crippen LogP contribution < -0.4 is 5.32 Å². The van der Waals surface area contributed by atoms with Gasteiger partial charge in [0, 0.05) is 6.54 Å². The Morgan fingerprint density at radius 3 is 2.38 bits per heavy atom. The Morgan fingerprint density at radius 1 is 1.31 bits per heavy atom. The predicted octanol–water partition coefficient (Wildman–Crippen LogP) is 0.814. The van der Waals surface area contributed by atoms with Gasteiger partial charge in [0.15, 0.2) is 0 Å². The molecule has 1 fully saturated rings. The van der Waals surface area contributed by atoms with Gasteiger partial charge in [0.05, 0.1) is 6.42 Å². The van der Waals surface area contributed by atoms with E-state index in [1.165, 1.54) is 6.92 Å². The molecule has 0 aromatic heterocycles. The van der Waals surface area contributed by atoms with Gasteiger partial charge in [0.2, 0.25) is 5.91 Å². The first-order chi connectivity index (χ1) is 7.41. The summed E-state index contributed by atoms with van der Waals surface area (Å²) in [6.07, 6.45) is 2.21. The molecule has 16 heavy (non-hydrogen) atoms. The summed E-state index contributed by atoms with van der Waals surface area (Å²) in [6.45, 7) is 6.50. The molecule has 0 aromatic rings. The summed E-state index contributed by atoms with van der Waals surface area (Å²) in [5.41, 5.74) is 0.193. The molecule has 1 aliphatic rings. The van der Waals surface area contributed by atoms with Crippen LogP contribution in [0.1, 0.15) is 33.1 Å². The van der Waals surface area contributed by atoms with Gasteiger partial charge in [-0.2, -0.15) is 0 Å². The molecule has 0 atom stereocenters. The van der Waals surface area contributed by atoms with Gasteiger partial charge < -0.3 is 10.2 Å². The minimum absolute atomic E-state index is 0.00990. The van der Waals surface area contributed by atoms with Crippen LogP contribution in [0.4, 0.5) is 0 Å². The Balaban J connectivity index is 2.31. The van der Waals surface area contributed by atoms with E-state index in [4.69, 9.17) is 0 Å². The van der Waals surface area contributed by atoms with Crippen LogP contribution in [-0.2, 0) is 9.59 Å². The Labute approximate surface area is 97.4 Å². The summed E-state index contributed by atoms with van der Waals surface area (Å²) in [5, 5.41) is 2.86. The van der Waals surface area contributed by atoms with Gasteiger partial charge in [0.1, 0.15) is 5.78 Å². The molecular weight excluding hydrogens is 204 g/mol. The van der Waals surface area contributed by atoms with Crippen molar-refractivity contribution < 1.29 is 9.59 Å². The Morgan fingerprint density at radius 2 is 1.88 bits per heavy atom. The monoisotopic (exact) mass is 226 g/mol. The summed E-state index contributed by atoms with van der Waals surface area (Å²) in [5.74, 6) is -0.223. The highest BCUT2D eigenvalue weighted by molar-refractivity contribution is 5.96. The first kappa shape index (κ1) is 13.2. The largest absolute Gasteiger partial charge is 0.355 e. The molecule has 4 nitrogen and oxygen atoms in total. The maximum Gasteiger partial charge on any atom is 0.227 e. The molecule has 0 radical (unpaired) electrons. The van der Waals surface area contributed by atoms with Crippen molar-refractivity contribution in [3.63, 3.8) is 0 Å². The number of rotatable bonds is 4. The molecule has 0 saturated carbocycles. The highest BCUT2D eigenvalue weighted by Gasteiger charge is 2.29. The van der Waals surface area contributed by atoms with Crippen LogP contribution in [-0.4, -0.2) is 43.3 Å². The van der Waals surface area contributed by atoms with E-state index in [2.05, 4.69) is 24.2 Å². The van der Waals surface area contributed by atoms with E-state index in [0.717, 1.165) is 25.9 Å². The van der Waals surface area contributed by atoms with Crippen molar-refractivity contribution in [3.8, 4) is 0 Å². The first-order valence-electron chi connectivity index (χ1n) is 5.86. The zero-order valence-corrected chi connectivity index (χ0v) is 10.5. The Hall–Kier alpha value is -0.900. The lowest BCUT2D eigenvalue weighted by molar-refractivity contribution is -0.127. The summed E-state index contributed by atoms with van der Waals surface area (Å²) in [6, 6.07) is 0. The SMILES string of the molecule is CC(=O)CC(=O)NCC1(C)CCN(C)CC1. The smallest absolute Gasteiger partial charge is 0.227 e. The average molecular weight is 226 g/mol. The number of carbonyl (C=O) groups is 2. The molecule has 1 rings (SSSR count). The quantitative estimate of drug-likeness (QED) is 0.722. The highest BCUT2D eigenvalue weighted by Crippen LogP contribution is 2.29. The van der Waals surface area contributed by atoms with Crippen molar-refractivity contribution in [1.29, 1.82) is 0 Å². The van der Waals surface area contributed by atoms with Crippen LogP contribution in [0.3, 0.4) is 0 Å². The van der Waals surface area contributed by atoms with Gasteiger partial charge in [-0.3, -0.25) is 9.59 Å². The van der Waals surface area contributed by atoms with Crippen molar-refractivity contribution >= 4 is 11.7 Å². The van der Waals surface area contributed by atoms with Gasteiger partial charge in [-0.15, -0.1) is 0 Å². The third-order valence-electron chi connectivity index (χ3n) is 3.32. The number of nitrogens with zero attached hydrogens (tertiary/aromatic N) is 1. The average Bonchev–Trinajstić information content (AvgIpc) is 2.20. The summed E-state index contributed by atoms with van der Waals surface area (Å²) >= 11 is 0. The lowest BCUT2D eigenvalue weighted by Gasteiger charge is -2.37. The standard InChI is InChI=1S/C12H22N2O2/c1-10(15)8-11(16)13-9-12(2)4-6-14(3)7-5-12/h4-9H2,1-3H3,(H,13,16). The number of nitrogens with one attached hydrogen (secondary N) is 1. The van der Waals surface area contributed by atoms with Crippen LogP contribution in [0.2, 0.25) is 0 Å². The van der Waals surface area contributed by atoms with Crippen molar-refractivity contribution in [2.24, 2.45) is 5.41 Å². The van der Waals surface area contributed by atoms with Crippen molar-refractivity contribution in [2.45, 2.75) is 33.1 Å². The zero-order valence-electron chi connectivity index (χ0n) is 10.5. The summed E-state index contributed by atoms with van der Waals surface area (Å²) in [7, 11) is 2.12. The molecule has 1 aliphatic heterocycles. The number of amides is 1. The first-order valence-corrected chi connectivity index (χ1v) is 5.86. The molecule has 1 heterocycles. The minimum Gasteiger partial charge on any atom is -0.355 e. The topological polar surface area (TPSA) is 49.4 Å². The third-order valence-corrected chi connectivity index (χ3v) is 3.32. The van der Waals surface area contributed by atoms with Gasteiger partial charge >= 0.3 is 0 Å². The van der Waals surface area contributed by atoms with Crippen LogP contribution in [0.5, 0.6) is 0 Å². The molecule has 92 valence electrons. The van der Waals surface area contributed by atoms with Crippen LogP contribution >= 0.6 is 0 Å². The molecule has 1 N–H and O–H groups in total. The molecule has 1 amide bonds. The van der Waals surface area contributed by atoms with Crippen LogP contribution in [0, 0.1) is 5.41 Å². The molecule has 1 saturated heterocycles. The summed E-state index contributed by atoms with van der Waals surface area (Å²) in [4.78, 5) is 24.4. The second kappa shape index (κ2) is 5.43. The normalized spacial score (nSPS) is 20.4. The van der Waals surface area contributed by atoms with E-state index in [1.54, 1.807) is 0 Å². The fraction of sp³-hybridized carbons (Fsp3) is 0.833. The van der Waals surface area contributed by atoms with Crippen molar-refractivity contribution in [3.05, 3.63) is 0 Å². The third kappa shape index (κ3) is 4.31. The molecule has 0 aromatic carbocycles. The minimum atomic E-state index is -0.146. The molecule has 0 bridgehead atoms. The molecule has 0 unspecified atom stereocenters. The fourth-order valence-electron chi connectivity index (χ4n) is 1.94. The highest BCUT2D eigenvalue weighted by atomic mass is 16.2. The number of ketones is 1. The van der Waals surface area contributed by atoms with E-state index in [9.17, 15) is 9.59 Å². The van der Waals surface area contributed by atoms with Gasteiger partial charge in [-0.05, 0) is 45.3 Å². The lowest BCUT2D eigenvalue weighted by Crippen LogP contribution is -2.43. The number of Topliss-reactive ketones (excluding diaryl/α,β-unsaturated/α-hetero) is 1. The summed E-state index contributed by atoms with van der Waals surface area (Å²) < 4.78 is 0.